The molecule has 0 aromatic carbocycles. The van der Waals surface area contributed by atoms with Gasteiger partial charge in [-0.1, -0.05) is 27.7 Å². The van der Waals surface area contributed by atoms with Gasteiger partial charge in [-0.05, 0) is 30.7 Å². The average Bonchev–Trinajstić information content (AvgIpc) is 2.51. The molecular weight excluding hydrogens is 174 g/mol. The monoisotopic (exact) mass is 199 g/mol. The first-order valence-electron chi connectivity index (χ1n) is 5.93. The molecule has 2 nitrogen and oxygen atoms in total. The Morgan fingerprint density at radius 1 is 1.29 bits per heavy atom. The Labute approximate surface area is 88.4 Å². The Morgan fingerprint density at radius 3 is 2.57 bits per heavy atom. The molecule has 1 N–H and O–H groups in total. The second-order valence-corrected chi connectivity index (χ2v) is 5.18. The molecule has 0 spiro atoms. The highest BCUT2D eigenvalue weighted by Crippen LogP contribution is 2.25. The first-order chi connectivity index (χ1) is 6.61. The van der Waals surface area contributed by atoms with E-state index in [4.69, 9.17) is 4.74 Å². The van der Waals surface area contributed by atoms with E-state index in [0.717, 1.165) is 31.5 Å². The van der Waals surface area contributed by atoms with Gasteiger partial charge >= 0.3 is 0 Å². The molecule has 0 aliphatic carbocycles. The van der Waals surface area contributed by atoms with E-state index in [-0.39, 0.29) is 0 Å². The van der Waals surface area contributed by atoms with Gasteiger partial charge in [0.15, 0.2) is 0 Å². The van der Waals surface area contributed by atoms with Crippen LogP contribution in [0.25, 0.3) is 0 Å². The number of rotatable bonds is 5. The van der Waals surface area contributed by atoms with Crippen molar-refractivity contribution in [3.63, 3.8) is 0 Å². The van der Waals surface area contributed by atoms with E-state index in [1.807, 2.05) is 0 Å². The van der Waals surface area contributed by atoms with Crippen LogP contribution in [-0.2, 0) is 4.74 Å². The van der Waals surface area contributed by atoms with Crippen molar-refractivity contribution < 1.29 is 4.74 Å². The van der Waals surface area contributed by atoms with E-state index in [1.54, 1.807) is 0 Å². The summed E-state index contributed by atoms with van der Waals surface area (Å²) in [6.07, 6.45) is 1.71. The Kier molecular flexibility index (Phi) is 4.90. The zero-order chi connectivity index (χ0) is 10.6. The normalized spacial score (nSPS) is 27.9. The van der Waals surface area contributed by atoms with Crippen molar-refractivity contribution in [2.75, 3.05) is 19.7 Å². The number of hydrogen-bond acceptors (Lipinski definition) is 2. The van der Waals surface area contributed by atoms with E-state index >= 15 is 0 Å². The van der Waals surface area contributed by atoms with E-state index in [0.29, 0.717) is 12.0 Å². The van der Waals surface area contributed by atoms with Crippen LogP contribution in [-0.4, -0.2) is 25.8 Å². The highest BCUT2D eigenvalue weighted by Gasteiger charge is 2.29. The Morgan fingerprint density at radius 2 is 2.00 bits per heavy atom. The van der Waals surface area contributed by atoms with E-state index in [9.17, 15) is 0 Å². The summed E-state index contributed by atoms with van der Waals surface area (Å²) in [6.45, 7) is 12.2. The van der Waals surface area contributed by atoms with Gasteiger partial charge in [-0.2, -0.15) is 0 Å². The summed E-state index contributed by atoms with van der Waals surface area (Å²) < 4.78 is 5.74. The molecule has 0 amide bonds. The molecule has 84 valence electrons. The van der Waals surface area contributed by atoms with Gasteiger partial charge in [0.1, 0.15) is 0 Å². The molecule has 0 bridgehead atoms. The van der Waals surface area contributed by atoms with Crippen LogP contribution in [0.2, 0.25) is 0 Å². The van der Waals surface area contributed by atoms with Crippen LogP contribution in [0.5, 0.6) is 0 Å². The lowest BCUT2D eigenvalue weighted by molar-refractivity contribution is 0.0539. The first kappa shape index (κ1) is 12.0. The first-order valence-corrected chi connectivity index (χ1v) is 5.93. The van der Waals surface area contributed by atoms with Gasteiger partial charge in [-0.3, -0.25) is 0 Å². The maximum atomic E-state index is 5.74. The summed E-state index contributed by atoms with van der Waals surface area (Å²) in [5.74, 6) is 2.13. The van der Waals surface area contributed by atoms with Crippen molar-refractivity contribution in [3.8, 4) is 0 Å². The van der Waals surface area contributed by atoms with Crippen molar-refractivity contribution >= 4 is 0 Å². The molecule has 1 saturated heterocycles. The molecule has 0 radical (unpaired) electrons. The minimum absolute atomic E-state index is 0.481. The highest BCUT2D eigenvalue weighted by molar-refractivity contribution is 4.80. The van der Waals surface area contributed by atoms with Crippen LogP contribution in [0, 0.1) is 17.8 Å². The Bertz CT molecular complexity index is 156. The zero-order valence-corrected chi connectivity index (χ0v) is 10.0. The molecule has 2 atom stereocenters. The Hall–Kier alpha value is -0.0800. The topological polar surface area (TPSA) is 21.3 Å². The smallest absolute Gasteiger partial charge is 0.0639 e. The van der Waals surface area contributed by atoms with Crippen LogP contribution in [0.3, 0.4) is 0 Å². The van der Waals surface area contributed by atoms with E-state index in [2.05, 4.69) is 33.0 Å². The van der Waals surface area contributed by atoms with Crippen LogP contribution in [0.15, 0.2) is 0 Å². The molecule has 1 rings (SSSR count). The minimum Gasteiger partial charge on any atom is -0.378 e. The number of nitrogens with one attached hydrogen (secondary N) is 1. The van der Waals surface area contributed by atoms with Gasteiger partial charge in [0, 0.05) is 13.2 Å². The summed E-state index contributed by atoms with van der Waals surface area (Å²) >= 11 is 0. The fraction of sp³-hybridized carbons (Fsp3) is 1.00. The third-order valence-corrected chi connectivity index (χ3v) is 2.88. The summed E-state index contributed by atoms with van der Waals surface area (Å²) in [6, 6.07) is 0. The van der Waals surface area contributed by atoms with E-state index < -0.39 is 0 Å². The fourth-order valence-corrected chi connectivity index (χ4v) is 2.17. The highest BCUT2D eigenvalue weighted by atomic mass is 16.5. The lowest BCUT2D eigenvalue weighted by Crippen LogP contribution is -2.33. The van der Waals surface area contributed by atoms with Crippen LogP contribution in [0.1, 0.15) is 34.1 Å². The average molecular weight is 199 g/mol. The lowest BCUT2D eigenvalue weighted by Gasteiger charge is -2.22. The number of hydrogen-bond donors (Lipinski definition) is 1. The second-order valence-electron chi connectivity index (χ2n) is 5.18. The maximum Gasteiger partial charge on any atom is 0.0639 e. The standard InChI is InChI=1S/C12H25NO/c1-9(2)7-13-8-11-5-6-14-12(11)10(3)4/h9-13H,5-8H2,1-4H3. The van der Waals surface area contributed by atoms with Crippen LogP contribution < -0.4 is 5.32 Å². The molecule has 1 heterocycles. The molecule has 1 aliphatic rings. The summed E-state index contributed by atoms with van der Waals surface area (Å²) in [4.78, 5) is 0. The molecule has 0 aromatic heterocycles. The molecule has 0 saturated carbocycles. The fourth-order valence-electron chi connectivity index (χ4n) is 2.17. The van der Waals surface area contributed by atoms with Crippen molar-refractivity contribution in [1.29, 1.82) is 0 Å². The molecule has 2 heteroatoms. The van der Waals surface area contributed by atoms with Crippen molar-refractivity contribution in [1.82, 2.24) is 5.32 Å². The van der Waals surface area contributed by atoms with Crippen molar-refractivity contribution in [3.05, 3.63) is 0 Å². The molecule has 0 aromatic rings. The molecule has 14 heavy (non-hydrogen) atoms. The largest absolute Gasteiger partial charge is 0.378 e. The quantitative estimate of drug-likeness (QED) is 0.733. The molecular formula is C12H25NO. The SMILES string of the molecule is CC(C)CNCC1CCOC1C(C)C. The predicted molar refractivity (Wildman–Crippen MR) is 60.4 cm³/mol. The predicted octanol–water partition coefficient (Wildman–Crippen LogP) is 2.29. The summed E-state index contributed by atoms with van der Waals surface area (Å²) in [7, 11) is 0. The van der Waals surface area contributed by atoms with Gasteiger partial charge < -0.3 is 10.1 Å². The van der Waals surface area contributed by atoms with Crippen molar-refractivity contribution in [2.24, 2.45) is 17.8 Å². The molecule has 1 aliphatic heterocycles. The second kappa shape index (κ2) is 5.72. The van der Waals surface area contributed by atoms with Gasteiger partial charge in [-0.25, -0.2) is 0 Å². The summed E-state index contributed by atoms with van der Waals surface area (Å²) in [5.41, 5.74) is 0. The number of ether oxygens (including phenoxy) is 1. The van der Waals surface area contributed by atoms with Gasteiger partial charge in [0.05, 0.1) is 6.10 Å². The molecule has 1 fully saturated rings. The zero-order valence-electron chi connectivity index (χ0n) is 10.0. The third kappa shape index (κ3) is 3.58. The minimum atomic E-state index is 0.481. The van der Waals surface area contributed by atoms with E-state index in [1.165, 1.54) is 6.42 Å². The van der Waals surface area contributed by atoms with Crippen LogP contribution >= 0.6 is 0 Å². The van der Waals surface area contributed by atoms with Gasteiger partial charge in [0.25, 0.3) is 0 Å². The lowest BCUT2D eigenvalue weighted by atomic mass is 9.93. The van der Waals surface area contributed by atoms with Gasteiger partial charge in [-0.15, -0.1) is 0 Å². The maximum absolute atomic E-state index is 5.74. The Balaban J connectivity index is 2.22. The van der Waals surface area contributed by atoms with Gasteiger partial charge in [0.2, 0.25) is 0 Å². The van der Waals surface area contributed by atoms with Crippen LogP contribution in [0.4, 0.5) is 0 Å². The van der Waals surface area contributed by atoms with Crippen molar-refractivity contribution in [2.45, 2.75) is 40.2 Å². The third-order valence-electron chi connectivity index (χ3n) is 2.88. The summed E-state index contributed by atoms with van der Waals surface area (Å²) in [5, 5.41) is 3.53. The molecule has 2 unspecified atom stereocenters.